The molecule has 0 aliphatic rings. The minimum Gasteiger partial charge on any atom is -0.493 e. The summed E-state index contributed by atoms with van der Waals surface area (Å²) in [6.07, 6.45) is 0.692. The maximum Gasteiger partial charge on any atom is 0.176 e. The number of fused-ring (bicyclic) bond motifs is 3. The first kappa shape index (κ1) is 23.1. The second-order valence-electron chi connectivity index (χ2n) is 8.40. The van der Waals surface area contributed by atoms with Gasteiger partial charge >= 0.3 is 0 Å². The number of hydrogen-bond donors (Lipinski definition) is 2. The van der Waals surface area contributed by atoms with E-state index < -0.39 is 0 Å². The highest BCUT2D eigenvalue weighted by molar-refractivity contribution is 9.10. The Kier molecular flexibility index (Phi) is 6.84. The van der Waals surface area contributed by atoms with Crippen molar-refractivity contribution >= 4 is 49.3 Å². The van der Waals surface area contributed by atoms with E-state index in [2.05, 4.69) is 39.4 Å². The lowest BCUT2D eigenvalue weighted by Crippen LogP contribution is -2.29. The van der Waals surface area contributed by atoms with Crippen molar-refractivity contribution in [3.63, 3.8) is 0 Å². The van der Waals surface area contributed by atoms with Crippen LogP contribution in [-0.2, 0) is 0 Å². The molecule has 0 fully saturated rings. The molecule has 35 heavy (non-hydrogen) atoms. The molecule has 0 aliphatic heterocycles. The SMILES string of the molecule is Nc1cc(C(=O)CNC(CCOc2ccc3c(c2)oc2ccccc23)c2ccccc2)ccc1Br. The average molecular weight is 529 g/mol. The fraction of sp³-hybridized carbons (Fsp3) is 0.138. The second-order valence-corrected chi connectivity index (χ2v) is 9.25. The number of nitrogens with one attached hydrogen (secondary N) is 1. The van der Waals surface area contributed by atoms with E-state index in [0.29, 0.717) is 24.3 Å². The third-order valence-corrected chi connectivity index (χ3v) is 6.78. The van der Waals surface area contributed by atoms with Crippen molar-refractivity contribution in [3.8, 4) is 5.75 Å². The van der Waals surface area contributed by atoms with Crippen LogP contribution >= 0.6 is 15.9 Å². The molecule has 3 N–H and O–H groups in total. The van der Waals surface area contributed by atoms with Gasteiger partial charge in [-0.15, -0.1) is 0 Å². The number of ether oxygens (including phenoxy) is 1. The number of nitrogens with two attached hydrogens (primary N) is 1. The third kappa shape index (κ3) is 5.24. The first-order valence-corrected chi connectivity index (χ1v) is 12.3. The van der Waals surface area contributed by atoms with Gasteiger partial charge in [-0.3, -0.25) is 4.79 Å². The molecule has 1 heterocycles. The first-order valence-electron chi connectivity index (χ1n) is 11.5. The molecule has 1 atom stereocenters. The number of carbonyl (C=O) groups is 1. The van der Waals surface area contributed by atoms with Crippen LogP contribution in [0.15, 0.2) is 99.9 Å². The van der Waals surface area contributed by atoms with Crippen molar-refractivity contribution in [1.29, 1.82) is 0 Å². The highest BCUT2D eigenvalue weighted by Crippen LogP contribution is 2.31. The number of ketones is 1. The molecule has 4 aromatic carbocycles. The van der Waals surface area contributed by atoms with Crippen molar-refractivity contribution in [2.24, 2.45) is 0 Å². The summed E-state index contributed by atoms with van der Waals surface area (Å²) in [4.78, 5) is 12.8. The summed E-state index contributed by atoms with van der Waals surface area (Å²) in [6, 6.07) is 29.3. The number of halogens is 1. The summed E-state index contributed by atoms with van der Waals surface area (Å²) < 4.78 is 12.8. The van der Waals surface area contributed by atoms with Gasteiger partial charge in [-0.2, -0.15) is 0 Å². The van der Waals surface area contributed by atoms with Crippen molar-refractivity contribution in [2.75, 3.05) is 18.9 Å². The van der Waals surface area contributed by atoms with Gasteiger partial charge in [0.2, 0.25) is 0 Å². The number of para-hydroxylation sites is 1. The molecule has 176 valence electrons. The molecule has 0 radical (unpaired) electrons. The van der Waals surface area contributed by atoms with Gasteiger partial charge in [0.15, 0.2) is 5.78 Å². The Morgan fingerprint density at radius 2 is 1.69 bits per heavy atom. The fourth-order valence-corrected chi connectivity index (χ4v) is 4.44. The zero-order chi connectivity index (χ0) is 24.2. The van der Waals surface area contributed by atoms with Crippen LogP contribution in [0.2, 0.25) is 0 Å². The highest BCUT2D eigenvalue weighted by Gasteiger charge is 2.15. The largest absolute Gasteiger partial charge is 0.493 e. The molecule has 1 unspecified atom stereocenters. The minimum atomic E-state index is -0.0390. The number of carbonyl (C=O) groups excluding carboxylic acids is 1. The Labute approximate surface area is 212 Å². The molecule has 0 bridgehead atoms. The summed E-state index contributed by atoms with van der Waals surface area (Å²) >= 11 is 3.37. The van der Waals surface area contributed by atoms with Gasteiger partial charge in [-0.25, -0.2) is 0 Å². The van der Waals surface area contributed by atoms with Crippen molar-refractivity contribution in [1.82, 2.24) is 5.32 Å². The highest BCUT2D eigenvalue weighted by atomic mass is 79.9. The Hall–Kier alpha value is -3.61. The Morgan fingerprint density at radius 3 is 2.51 bits per heavy atom. The Morgan fingerprint density at radius 1 is 0.914 bits per heavy atom. The smallest absolute Gasteiger partial charge is 0.176 e. The second kappa shape index (κ2) is 10.3. The lowest BCUT2D eigenvalue weighted by atomic mass is 10.0. The standard InChI is InChI=1S/C29H25BrN2O3/c30-24-13-10-20(16-25(24)31)27(33)18-32-26(19-6-2-1-3-7-19)14-15-34-21-11-12-23-22-8-4-5-9-28(22)35-29(23)17-21/h1-13,16-17,26,32H,14-15,18,31H2. The molecule has 6 heteroatoms. The van der Waals surface area contributed by atoms with Crippen molar-refractivity contribution in [3.05, 3.63) is 107 Å². The van der Waals surface area contributed by atoms with E-state index in [1.165, 1.54) is 0 Å². The van der Waals surface area contributed by atoms with E-state index in [-0.39, 0.29) is 18.4 Å². The Balaban J connectivity index is 1.25. The number of rotatable bonds is 9. The number of Topliss-reactive ketones (excluding diaryl/α,β-unsaturated/α-hetero) is 1. The topological polar surface area (TPSA) is 77.5 Å². The normalized spacial score (nSPS) is 12.1. The van der Waals surface area contributed by atoms with Gasteiger partial charge < -0.3 is 20.2 Å². The third-order valence-electron chi connectivity index (χ3n) is 6.05. The zero-order valence-corrected chi connectivity index (χ0v) is 20.6. The van der Waals surface area contributed by atoms with Gasteiger partial charge in [0, 0.05) is 45.0 Å². The van der Waals surface area contributed by atoms with E-state index in [9.17, 15) is 4.79 Å². The van der Waals surface area contributed by atoms with E-state index in [0.717, 1.165) is 37.7 Å². The summed E-state index contributed by atoms with van der Waals surface area (Å²) in [6.45, 7) is 0.684. The molecule has 5 nitrogen and oxygen atoms in total. The van der Waals surface area contributed by atoms with Crippen LogP contribution in [-0.4, -0.2) is 18.9 Å². The number of furan rings is 1. The van der Waals surface area contributed by atoms with E-state index in [1.54, 1.807) is 18.2 Å². The molecular formula is C29H25BrN2O3. The lowest BCUT2D eigenvalue weighted by Gasteiger charge is -2.19. The van der Waals surface area contributed by atoms with Crippen molar-refractivity contribution in [2.45, 2.75) is 12.5 Å². The quantitative estimate of drug-likeness (QED) is 0.160. The summed E-state index contributed by atoms with van der Waals surface area (Å²) in [7, 11) is 0. The van der Waals surface area contributed by atoms with Gasteiger partial charge in [-0.05, 0) is 51.8 Å². The zero-order valence-electron chi connectivity index (χ0n) is 19.0. The summed E-state index contributed by atoms with van der Waals surface area (Å²) in [5, 5.41) is 5.57. The summed E-state index contributed by atoms with van der Waals surface area (Å²) in [5.74, 6) is 0.742. The predicted octanol–water partition coefficient (Wildman–Crippen LogP) is 6.91. The van der Waals surface area contributed by atoms with Crippen LogP contribution in [0.5, 0.6) is 5.75 Å². The minimum absolute atomic E-state index is 0.0126. The van der Waals surface area contributed by atoms with Gasteiger partial charge in [0.1, 0.15) is 16.9 Å². The first-order chi connectivity index (χ1) is 17.1. The van der Waals surface area contributed by atoms with Crippen LogP contribution in [0.25, 0.3) is 21.9 Å². The van der Waals surface area contributed by atoms with Crippen LogP contribution < -0.4 is 15.8 Å². The molecular weight excluding hydrogens is 504 g/mol. The molecule has 0 spiro atoms. The monoisotopic (exact) mass is 528 g/mol. The Bertz CT molecular complexity index is 1480. The lowest BCUT2D eigenvalue weighted by molar-refractivity contribution is 0.0985. The van der Waals surface area contributed by atoms with Gasteiger partial charge in [0.05, 0.1) is 13.2 Å². The molecule has 5 aromatic rings. The van der Waals surface area contributed by atoms with Gasteiger partial charge in [-0.1, -0.05) is 54.6 Å². The van der Waals surface area contributed by atoms with E-state index in [1.807, 2.05) is 54.6 Å². The molecule has 0 saturated heterocycles. The number of benzene rings is 4. The molecule has 5 rings (SSSR count). The van der Waals surface area contributed by atoms with Crippen LogP contribution in [0, 0.1) is 0 Å². The molecule has 1 aromatic heterocycles. The summed E-state index contributed by atoms with van der Waals surface area (Å²) in [5.41, 5.74) is 9.85. The van der Waals surface area contributed by atoms with Crippen LogP contribution in [0.4, 0.5) is 5.69 Å². The predicted molar refractivity (Wildman–Crippen MR) is 144 cm³/mol. The van der Waals surface area contributed by atoms with Gasteiger partial charge in [0.25, 0.3) is 0 Å². The van der Waals surface area contributed by atoms with Crippen molar-refractivity contribution < 1.29 is 13.9 Å². The fourth-order valence-electron chi connectivity index (χ4n) is 4.20. The van der Waals surface area contributed by atoms with E-state index >= 15 is 0 Å². The maximum absolute atomic E-state index is 12.8. The number of nitrogen functional groups attached to an aromatic ring is 1. The van der Waals surface area contributed by atoms with Crippen LogP contribution in [0.3, 0.4) is 0 Å². The van der Waals surface area contributed by atoms with Crippen LogP contribution in [0.1, 0.15) is 28.4 Å². The molecule has 0 saturated carbocycles. The molecule has 0 amide bonds. The average Bonchev–Trinajstić information content (AvgIpc) is 3.26. The molecule has 0 aliphatic carbocycles. The number of hydrogen-bond acceptors (Lipinski definition) is 5. The van der Waals surface area contributed by atoms with E-state index in [4.69, 9.17) is 14.9 Å². The maximum atomic E-state index is 12.8. The number of anilines is 1.